The van der Waals surface area contributed by atoms with Crippen LogP contribution in [0.25, 0.3) is 0 Å². The van der Waals surface area contributed by atoms with E-state index in [-0.39, 0.29) is 0 Å². The summed E-state index contributed by atoms with van der Waals surface area (Å²) >= 11 is 3.24. The van der Waals surface area contributed by atoms with Gasteiger partial charge in [-0.1, -0.05) is 6.07 Å². The summed E-state index contributed by atoms with van der Waals surface area (Å²) in [5, 5.41) is 0. The highest BCUT2D eigenvalue weighted by Gasteiger charge is 2.08. The average Bonchev–Trinajstić information content (AvgIpc) is 2.17. The smallest absolute Gasteiger partial charge is 0.0465 e. The fourth-order valence-electron chi connectivity index (χ4n) is 1.79. The number of rotatable bonds is 1. The molecule has 1 aromatic rings. The number of hydrogen-bond acceptors (Lipinski definition) is 1. The van der Waals surface area contributed by atoms with Gasteiger partial charge < -0.3 is 4.34 Å². The Morgan fingerprint density at radius 1 is 1.08 bits per heavy atom. The van der Waals surface area contributed by atoms with Crippen molar-refractivity contribution in [1.29, 1.82) is 0 Å². The lowest BCUT2D eigenvalue weighted by Gasteiger charge is -2.15. The maximum atomic E-state index is 3.24. The molecular weight excluding hydrogens is 214 g/mol. The third-order valence-corrected chi connectivity index (χ3v) is 2.92. The average molecular weight is 226 g/mol. The summed E-state index contributed by atoms with van der Waals surface area (Å²) in [4.78, 5) is 0. The van der Waals surface area contributed by atoms with Crippen LogP contribution in [-0.2, 0) is 12.8 Å². The van der Waals surface area contributed by atoms with E-state index in [4.69, 9.17) is 0 Å². The molecule has 2 rings (SSSR count). The monoisotopic (exact) mass is 225 g/mol. The van der Waals surface area contributed by atoms with Crippen LogP contribution < -0.4 is 4.34 Å². The Morgan fingerprint density at radius 3 is 2.58 bits per heavy atom. The summed E-state index contributed by atoms with van der Waals surface area (Å²) in [6.45, 7) is 0. The maximum absolute atomic E-state index is 3.24. The lowest BCUT2D eigenvalue weighted by Crippen LogP contribution is -2.02. The van der Waals surface area contributed by atoms with Crippen molar-refractivity contribution >= 4 is 21.8 Å². The Bertz CT molecular complexity index is 283. The number of hydrogen-bond donors (Lipinski definition) is 1. The standard InChI is InChI=1S/C10H12BrN/c11-12-10-6-5-8-3-1-2-4-9(8)7-10/h5-7,12H,1-4H2. The molecule has 0 amide bonds. The first kappa shape index (κ1) is 8.11. The minimum absolute atomic E-state index is 1.16. The Labute approximate surface area is 81.5 Å². The van der Waals surface area contributed by atoms with Crippen LogP contribution in [0.1, 0.15) is 24.0 Å². The van der Waals surface area contributed by atoms with Crippen LogP contribution in [0, 0.1) is 0 Å². The van der Waals surface area contributed by atoms with Crippen LogP contribution in [0.2, 0.25) is 0 Å². The van der Waals surface area contributed by atoms with E-state index in [2.05, 4.69) is 38.7 Å². The molecule has 0 bridgehead atoms. The van der Waals surface area contributed by atoms with Gasteiger partial charge in [-0.2, -0.15) is 0 Å². The molecule has 0 unspecified atom stereocenters. The van der Waals surface area contributed by atoms with E-state index >= 15 is 0 Å². The molecule has 0 radical (unpaired) electrons. The summed E-state index contributed by atoms with van der Waals surface area (Å²) in [5.74, 6) is 0. The third-order valence-electron chi connectivity index (χ3n) is 2.46. The van der Waals surface area contributed by atoms with Crippen LogP contribution in [0.4, 0.5) is 5.69 Å². The van der Waals surface area contributed by atoms with E-state index < -0.39 is 0 Å². The Balaban J connectivity index is 2.36. The van der Waals surface area contributed by atoms with Gasteiger partial charge in [0.1, 0.15) is 0 Å². The van der Waals surface area contributed by atoms with Gasteiger partial charge in [-0.25, -0.2) is 0 Å². The van der Waals surface area contributed by atoms with Crippen molar-refractivity contribution in [2.45, 2.75) is 25.7 Å². The summed E-state index contributed by atoms with van der Waals surface area (Å²) in [6.07, 6.45) is 5.21. The van der Waals surface area contributed by atoms with Gasteiger partial charge in [0, 0.05) is 21.8 Å². The van der Waals surface area contributed by atoms with Gasteiger partial charge in [-0.3, -0.25) is 0 Å². The van der Waals surface area contributed by atoms with Gasteiger partial charge in [0.25, 0.3) is 0 Å². The van der Waals surface area contributed by atoms with Gasteiger partial charge in [0.05, 0.1) is 0 Å². The molecule has 1 nitrogen and oxygen atoms in total. The van der Waals surface area contributed by atoms with Crippen molar-refractivity contribution < 1.29 is 0 Å². The van der Waals surface area contributed by atoms with E-state index in [9.17, 15) is 0 Å². The zero-order chi connectivity index (χ0) is 8.39. The minimum atomic E-state index is 1.16. The summed E-state index contributed by atoms with van der Waals surface area (Å²) in [7, 11) is 0. The molecule has 12 heavy (non-hydrogen) atoms. The van der Waals surface area contributed by atoms with Crippen molar-refractivity contribution in [2.24, 2.45) is 0 Å². The number of fused-ring (bicyclic) bond motifs is 1. The quantitative estimate of drug-likeness (QED) is 0.724. The Kier molecular flexibility index (Phi) is 2.35. The molecule has 0 spiro atoms. The van der Waals surface area contributed by atoms with Crippen LogP contribution in [0.3, 0.4) is 0 Å². The highest BCUT2D eigenvalue weighted by Crippen LogP contribution is 2.24. The molecule has 1 aliphatic carbocycles. The fourth-order valence-corrected chi connectivity index (χ4v) is 2.04. The van der Waals surface area contributed by atoms with Crippen molar-refractivity contribution in [3.63, 3.8) is 0 Å². The molecule has 1 aromatic carbocycles. The highest BCUT2D eigenvalue weighted by atomic mass is 79.9. The minimum Gasteiger partial charge on any atom is -0.322 e. The van der Waals surface area contributed by atoms with Gasteiger partial charge in [0.2, 0.25) is 0 Å². The molecule has 0 saturated heterocycles. The third kappa shape index (κ3) is 1.48. The zero-order valence-electron chi connectivity index (χ0n) is 6.94. The van der Waals surface area contributed by atoms with Gasteiger partial charge in [0.15, 0.2) is 0 Å². The molecule has 2 heteroatoms. The van der Waals surface area contributed by atoms with Crippen LogP contribution in [-0.4, -0.2) is 0 Å². The molecular formula is C10H12BrN. The number of aryl methyl sites for hydroxylation is 2. The number of benzene rings is 1. The lowest BCUT2D eigenvalue weighted by atomic mass is 9.91. The molecule has 0 saturated carbocycles. The Morgan fingerprint density at radius 2 is 1.83 bits per heavy atom. The first-order valence-corrected chi connectivity index (χ1v) is 5.18. The second kappa shape index (κ2) is 3.48. The van der Waals surface area contributed by atoms with E-state index in [1.807, 2.05) is 0 Å². The molecule has 0 aliphatic heterocycles. The van der Waals surface area contributed by atoms with E-state index in [0.29, 0.717) is 0 Å². The van der Waals surface area contributed by atoms with E-state index in [1.165, 1.54) is 36.8 Å². The molecule has 1 N–H and O–H groups in total. The summed E-state index contributed by atoms with van der Waals surface area (Å²) in [6, 6.07) is 6.60. The molecule has 0 heterocycles. The number of nitrogens with one attached hydrogen (secondary N) is 1. The second-order valence-electron chi connectivity index (χ2n) is 3.29. The van der Waals surface area contributed by atoms with Crippen LogP contribution in [0.5, 0.6) is 0 Å². The Hall–Kier alpha value is -0.500. The SMILES string of the molecule is BrNc1ccc2c(c1)CCCC2. The number of halogens is 1. The molecule has 64 valence electrons. The highest BCUT2D eigenvalue weighted by molar-refractivity contribution is 9.10. The first-order valence-electron chi connectivity index (χ1n) is 4.38. The second-order valence-corrected chi connectivity index (χ2v) is 3.68. The van der Waals surface area contributed by atoms with E-state index in [1.54, 1.807) is 0 Å². The van der Waals surface area contributed by atoms with Crippen LogP contribution in [0.15, 0.2) is 18.2 Å². The summed E-state index contributed by atoms with van der Waals surface area (Å²) in [5.41, 5.74) is 4.22. The fraction of sp³-hybridized carbons (Fsp3) is 0.400. The van der Waals surface area contributed by atoms with Crippen LogP contribution >= 0.6 is 16.1 Å². The predicted molar refractivity (Wildman–Crippen MR) is 55.6 cm³/mol. The largest absolute Gasteiger partial charge is 0.322 e. The van der Waals surface area contributed by atoms with Gasteiger partial charge >= 0.3 is 0 Å². The molecule has 1 aliphatic rings. The predicted octanol–water partition coefficient (Wildman–Crippen LogP) is 3.29. The maximum Gasteiger partial charge on any atom is 0.0465 e. The molecule has 0 aromatic heterocycles. The van der Waals surface area contributed by atoms with Crippen molar-refractivity contribution in [1.82, 2.24) is 0 Å². The topological polar surface area (TPSA) is 12.0 Å². The lowest BCUT2D eigenvalue weighted by molar-refractivity contribution is 0.686. The van der Waals surface area contributed by atoms with Crippen molar-refractivity contribution in [3.05, 3.63) is 29.3 Å². The van der Waals surface area contributed by atoms with E-state index in [0.717, 1.165) is 5.69 Å². The zero-order valence-corrected chi connectivity index (χ0v) is 8.52. The molecule has 0 atom stereocenters. The van der Waals surface area contributed by atoms with Crippen molar-refractivity contribution in [2.75, 3.05) is 4.34 Å². The summed E-state index contributed by atoms with van der Waals surface area (Å²) < 4.78 is 2.99. The van der Waals surface area contributed by atoms with Gasteiger partial charge in [-0.05, 0) is 48.9 Å². The first-order chi connectivity index (χ1) is 5.90. The van der Waals surface area contributed by atoms with Gasteiger partial charge in [-0.15, -0.1) is 0 Å². The van der Waals surface area contributed by atoms with Crippen molar-refractivity contribution in [3.8, 4) is 0 Å². The normalized spacial score (nSPS) is 15.4. The molecule has 0 fully saturated rings. The number of anilines is 1.